The molecular formula is C22H28F2N6O2. The van der Waals surface area contributed by atoms with Gasteiger partial charge in [0.15, 0.2) is 17.5 Å². The molecule has 0 bridgehead atoms. The number of rotatable bonds is 4. The predicted octanol–water partition coefficient (Wildman–Crippen LogP) is 4.01. The van der Waals surface area contributed by atoms with Crippen LogP contribution in [0, 0.1) is 28.4 Å². The highest BCUT2D eigenvalue weighted by Crippen LogP contribution is 2.50. The topological polar surface area (TPSA) is 138 Å². The number of anilines is 2. The average molecular weight is 447 g/mol. The van der Waals surface area contributed by atoms with E-state index in [-0.39, 0.29) is 34.7 Å². The lowest BCUT2D eigenvalue weighted by Crippen LogP contribution is -2.29. The van der Waals surface area contributed by atoms with Crippen molar-refractivity contribution in [3.8, 4) is 0 Å². The number of halogens is 2. The van der Waals surface area contributed by atoms with Gasteiger partial charge in [0.25, 0.3) is 0 Å². The molecule has 4 rings (SSSR count). The number of pyridine rings is 1. The van der Waals surface area contributed by atoms with Crippen molar-refractivity contribution in [2.75, 3.05) is 18.1 Å². The van der Waals surface area contributed by atoms with E-state index in [1.165, 1.54) is 39.2 Å². The van der Waals surface area contributed by atoms with Crippen LogP contribution in [0.15, 0.2) is 18.5 Å². The fourth-order valence-corrected chi connectivity index (χ4v) is 4.67. The molecule has 5 N–H and O–H groups in total. The molecule has 2 aromatic rings. The van der Waals surface area contributed by atoms with Crippen LogP contribution in [-0.2, 0) is 4.79 Å². The van der Waals surface area contributed by atoms with Gasteiger partial charge < -0.3 is 16.2 Å². The zero-order chi connectivity index (χ0) is 23.3. The van der Waals surface area contributed by atoms with Gasteiger partial charge in [-0.05, 0) is 43.6 Å². The number of hydrogen-bond donors (Lipinski definition) is 4. The maximum atomic E-state index is 13.2. The molecule has 2 fully saturated rings. The molecule has 0 saturated heterocycles. The summed E-state index contributed by atoms with van der Waals surface area (Å²) in [5.74, 6) is -2.04. The Morgan fingerprint density at radius 2 is 1.91 bits per heavy atom. The van der Waals surface area contributed by atoms with E-state index in [0.717, 1.165) is 37.7 Å². The van der Waals surface area contributed by atoms with Gasteiger partial charge in [0.2, 0.25) is 0 Å². The van der Waals surface area contributed by atoms with Gasteiger partial charge in [0.05, 0.1) is 18.3 Å². The predicted molar refractivity (Wildman–Crippen MR) is 117 cm³/mol. The van der Waals surface area contributed by atoms with Crippen LogP contribution in [0.3, 0.4) is 0 Å². The molecule has 32 heavy (non-hydrogen) atoms. The molecule has 1 atom stereocenters. The van der Waals surface area contributed by atoms with Gasteiger partial charge in [-0.2, -0.15) is 0 Å². The number of nitrogens with zero attached hydrogens (tertiary/aromatic N) is 3. The first-order valence-corrected chi connectivity index (χ1v) is 10.7. The standard InChI is InChI=1S/C11H10F2N6.C11H18O2/c1-16-10-7(13)4-18-11(19-10)8(14)6-2-5(12)3-17-9(6)15;12-10(13)9-4-3-7-11(8-9)5-1-2-6-11/h2-4,14H,1H3,(H2,15,17)(H,16,18,19);9H,1-8H2,(H,12,13). The number of carboxylic acids is 1. The number of carbonyl (C=O) groups is 1. The highest BCUT2D eigenvalue weighted by atomic mass is 19.1. The van der Waals surface area contributed by atoms with E-state index in [4.69, 9.17) is 16.2 Å². The van der Waals surface area contributed by atoms with Crippen molar-refractivity contribution >= 4 is 23.3 Å². The van der Waals surface area contributed by atoms with Gasteiger partial charge in [-0.3, -0.25) is 10.2 Å². The first-order valence-electron chi connectivity index (χ1n) is 10.7. The van der Waals surface area contributed by atoms with Crippen LogP contribution in [-0.4, -0.2) is 38.8 Å². The van der Waals surface area contributed by atoms with Gasteiger partial charge in [0.1, 0.15) is 17.3 Å². The van der Waals surface area contributed by atoms with Gasteiger partial charge in [-0.1, -0.05) is 19.3 Å². The third-order valence-corrected chi connectivity index (χ3v) is 6.31. The van der Waals surface area contributed by atoms with Gasteiger partial charge in [0, 0.05) is 12.6 Å². The molecule has 0 aliphatic heterocycles. The van der Waals surface area contributed by atoms with Crippen molar-refractivity contribution < 1.29 is 18.7 Å². The molecule has 2 aliphatic carbocycles. The van der Waals surface area contributed by atoms with Crippen LogP contribution in [0.4, 0.5) is 20.4 Å². The Morgan fingerprint density at radius 1 is 1.22 bits per heavy atom. The molecule has 8 nitrogen and oxygen atoms in total. The number of nitrogens with one attached hydrogen (secondary N) is 2. The Hall–Kier alpha value is -3.17. The first kappa shape index (κ1) is 23.5. The van der Waals surface area contributed by atoms with Crippen molar-refractivity contribution in [3.05, 3.63) is 41.5 Å². The highest BCUT2D eigenvalue weighted by Gasteiger charge is 2.40. The van der Waals surface area contributed by atoms with Crippen molar-refractivity contribution in [3.63, 3.8) is 0 Å². The summed E-state index contributed by atoms with van der Waals surface area (Å²) in [5, 5.41) is 19.4. The Balaban J connectivity index is 0.000000193. The fraction of sp³-hybridized carbons (Fsp3) is 0.500. The van der Waals surface area contributed by atoms with Gasteiger partial charge in [-0.25, -0.2) is 23.7 Å². The lowest BCUT2D eigenvalue weighted by atomic mass is 9.68. The summed E-state index contributed by atoms with van der Waals surface area (Å²) in [6, 6.07) is 1.05. The minimum atomic E-state index is -0.649. The number of nitrogens with two attached hydrogens (primary N) is 1. The largest absolute Gasteiger partial charge is 0.481 e. The molecule has 1 spiro atoms. The maximum Gasteiger partial charge on any atom is 0.306 e. The number of aliphatic carboxylic acids is 1. The molecule has 2 heterocycles. The van der Waals surface area contributed by atoms with Crippen LogP contribution < -0.4 is 11.1 Å². The molecule has 2 aliphatic rings. The summed E-state index contributed by atoms with van der Waals surface area (Å²) < 4.78 is 26.3. The van der Waals surface area contributed by atoms with E-state index in [1.54, 1.807) is 0 Å². The summed E-state index contributed by atoms with van der Waals surface area (Å²) in [6.45, 7) is 0. The quantitative estimate of drug-likeness (QED) is 0.521. The number of carboxylic acid groups (broad SMARTS) is 1. The molecular weight excluding hydrogens is 418 g/mol. The molecule has 2 aromatic heterocycles. The van der Waals surface area contributed by atoms with E-state index in [1.807, 2.05) is 0 Å². The molecule has 10 heteroatoms. The van der Waals surface area contributed by atoms with E-state index in [0.29, 0.717) is 5.41 Å². The lowest BCUT2D eigenvalue weighted by Gasteiger charge is -2.36. The summed E-state index contributed by atoms with van der Waals surface area (Å²) >= 11 is 0. The van der Waals surface area contributed by atoms with Crippen LogP contribution >= 0.6 is 0 Å². The Morgan fingerprint density at radius 3 is 2.56 bits per heavy atom. The van der Waals surface area contributed by atoms with Gasteiger partial charge >= 0.3 is 5.97 Å². The number of hydrogen-bond acceptors (Lipinski definition) is 7. The molecule has 172 valence electrons. The minimum absolute atomic E-state index is 0.0228. The molecule has 0 aromatic carbocycles. The maximum absolute atomic E-state index is 13.2. The Bertz CT molecular complexity index is 994. The van der Waals surface area contributed by atoms with Crippen molar-refractivity contribution in [1.82, 2.24) is 15.0 Å². The monoisotopic (exact) mass is 446 g/mol. The van der Waals surface area contributed by atoms with E-state index in [2.05, 4.69) is 20.3 Å². The second-order valence-electron chi connectivity index (χ2n) is 8.44. The molecule has 2 saturated carbocycles. The third kappa shape index (κ3) is 5.35. The third-order valence-electron chi connectivity index (χ3n) is 6.31. The Labute approximate surface area is 185 Å². The first-order chi connectivity index (χ1) is 15.2. The normalized spacial score (nSPS) is 19.2. The lowest BCUT2D eigenvalue weighted by molar-refractivity contribution is -0.144. The zero-order valence-electron chi connectivity index (χ0n) is 18.0. The number of aromatic nitrogens is 3. The fourth-order valence-electron chi connectivity index (χ4n) is 4.67. The van der Waals surface area contributed by atoms with Crippen LogP contribution in [0.2, 0.25) is 0 Å². The summed E-state index contributed by atoms with van der Waals surface area (Å²) in [7, 11) is 1.48. The van der Waals surface area contributed by atoms with Gasteiger partial charge in [-0.15, -0.1) is 0 Å². The molecule has 0 amide bonds. The second-order valence-corrected chi connectivity index (χ2v) is 8.44. The summed E-state index contributed by atoms with van der Waals surface area (Å²) in [4.78, 5) is 22.0. The van der Waals surface area contributed by atoms with Crippen LogP contribution in [0.25, 0.3) is 0 Å². The SMILES string of the molecule is CNc1nc(C(=N)c2cc(F)cnc2N)ncc1F.O=C(O)C1CCCC2(CCCC2)C1. The Kier molecular flexibility index (Phi) is 7.32. The average Bonchev–Trinajstić information content (AvgIpc) is 3.23. The summed E-state index contributed by atoms with van der Waals surface area (Å²) in [6.07, 6.45) is 11.4. The van der Waals surface area contributed by atoms with E-state index in [9.17, 15) is 13.6 Å². The smallest absolute Gasteiger partial charge is 0.306 e. The van der Waals surface area contributed by atoms with Crippen LogP contribution in [0.5, 0.6) is 0 Å². The van der Waals surface area contributed by atoms with Crippen molar-refractivity contribution in [2.24, 2.45) is 11.3 Å². The van der Waals surface area contributed by atoms with E-state index < -0.39 is 17.6 Å². The van der Waals surface area contributed by atoms with Crippen molar-refractivity contribution in [1.29, 1.82) is 5.41 Å². The van der Waals surface area contributed by atoms with Crippen molar-refractivity contribution in [2.45, 2.75) is 51.4 Å². The summed E-state index contributed by atoms with van der Waals surface area (Å²) in [5.41, 5.74) is 5.82. The molecule has 0 radical (unpaired) electrons. The second kappa shape index (κ2) is 9.97. The molecule has 1 unspecified atom stereocenters. The number of nitrogen functional groups attached to an aromatic ring is 1. The highest BCUT2D eigenvalue weighted by molar-refractivity contribution is 6.11. The van der Waals surface area contributed by atoms with Crippen LogP contribution in [0.1, 0.15) is 62.8 Å². The zero-order valence-corrected chi connectivity index (χ0v) is 18.0. The van der Waals surface area contributed by atoms with E-state index >= 15 is 0 Å². The minimum Gasteiger partial charge on any atom is -0.481 e.